The van der Waals surface area contributed by atoms with Gasteiger partial charge in [0, 0.05) is 23.6 Å². The topological polar surface area (TPSA) is 68.4 Å². The van der Waals surface area contributed by atoms with Gasteiger partial charge in [-0.3, -0.25) is 9.59 Å². The summed E-state index contributed by atoms with van der Waals surface area (Å²) >= 11 is 0. The van der Waals surface area contributed by atoms with Crippen molar-refractivity contribution in [3.05, 3.63) is 23.4 Å². The number of hydrogen-bond donors (Lipinski definition) is 1. The normalized spacial score (nSPS) is 14.2. The van der Waals surface area contributed by atoms with E-state index in [0.29, 0.717) is 46.6 Å². The minimum Gasteiger partial charge on any atom is -0.493 e. The number of aldehydes is 1. The van der Waals surface area contributed by atoms with E-state index < -0.39 is 0 Å². The summed E-state index contributed by atoms with van der Waals surface area (Å²) in [4.78, 5) is 25.9. The van der Waals surface area contributed by atoms with Crippen molar-refractivity contribution in [3.8, 4) is 11.5 Å². The van der Waals surface area contributed by atoms with Crippen molar-refractivity contribution in [2.24, 2.45) is 0 Å². The van der Waals surface area contributed by atoms with Crippen LogP contribution in [0.5, 0.6) is 11.5 Å². The van der Waals surface area contributed by atoms with E-state index in [9.17, 15) is 9.59 Å². The molecule has 0 unspecified atom stereocenters. The van der Waals surface area contributed by atoms with Gasteiger partial charge in [-0.15, -0.1) is 0 Å². The molecule has 0 fully saturated rings. The van der Waals surface area contributed by atoms with Crippen molar-refractivity contribution in [3.63, 3.8) is 0 Å². The number of H-pyrrole nitrogens is 1. The maximum absolute atomic E-state index is 12.0. The van der Waals surface area contributed by atoms with E-state index in [1.165, 1.54) is 7.11 Å². The molecule has 5 nitrogen and oxygen atoms in total. The Bertz CT molecular complexity index is 657. The van der Waals surface area contributed by atoms with E-state index in [0.717, 1.165) is 6.29 Å². The lowest BCUT2D eigenvalue weighted by molar-refractivity contribution is 0.0932. The number of rotatable bonds is 2. The second-order valence-corrected chi connectivity index (χ2v) is 4.09. The molecule has 5 heteroatoms. The monoisotopic (exact) mass is 245 g/mol. The van der Waals surface area contributed by atoms with Crippen LogP contribution in [0.25, 0.3) is 10.9 Å². The molecule has 0 saturated heterocycles. The molecular weight excluding hydrogens is 234 g/mol. The van der Waals surface area contributed by atoms with Gasteiger partial charge >= 0.3 is 0 Å². The molecule has 1 aliphatic heterocycles. The summed E-state index contributed by atoms with van der Waals surface area (Å²) in [5.74, 6) is 0.938. The standard InChI is InChI=1S/C13H11NO4/c1-17-10-4-8-7(6-15)5-14-12(8)11-9(16)2-3-18-13(10)11/h4-6,14H,2-3H2,1H3. The number of carbonyl (C=O) groups excluding carboxylic acids is 2. The first-order valence-corrected chi connectivity index (χ1v) is 5.59. The number of aromatic amines is 1. The van der Waals surface area contributed by atoms with Crippen LogP contribution in [0.1, 0.15) is 27.1 Å². The largest absolute Gasteiger partial charge is 0.493 e. The van der Waals surface area contributed by atoms with E-state index in [1.54, 1.807) is 12.3 Å². The minimum atomic E-state index is -0.000510. The fourth-order valence-corrected chi connectivity index (χ4v) is 2.27. The number of carbonyl (C=O) groups is 2. The van der Waals surface area contributed by atoms with Crippen LogP contribution in [0.15, 0.2) is 12.3 Å². The summed E-state index contributed by atoms with van der Waals surface area (Å²) in [6.07, 6.45) is 2.67. The molecule has 0 radical (unpaired) electrons. The highest BCUT2D eigenvalue weighted by Gasteiger charge is 2.26. The lowest BCUT2D eigenvalue weighted by atomic mass is 10.00. The van der Waals surface area contributed by atoms with Crippen LogP contribution >= 0.6 is 0 Å². The number of fused-ring (bicyclic) bond motifs is 3. The highest BCUT2D eigenvalue weighted by Crippen LogP contribution is 2.40. The fraction of sp³-hybridized carbons (Fsp3) is 0.231. The van der Waals surface area contributed by atoms with E-state index in [2.05, 4.69) is 4.98 Å². The van der Waals surface area contributed by atoms with Gasteiger partial charge < -0.3 is 14.5 Å². The summed E-state index contributed by atoms with van der Waals surface area (Å²) < 4.78 is 10.7. The molecule has 1 aliphatic rings. The second-order valence-electron chi connectivity index (χ2n) is 4.09. The Kier molecular flexibility index (Phi) is 2.33. The van der Waals surface area contributed by atoms with Crippen LogP contribution in [0.3, 0.4) is 0 Å². The van der Waals surface area contributed by atoms with Crippen LogP contribution in [0.4, 0.5) is 0 Å². The average Bonchev–Trinajstić information content (AvgIpc) is 2.80. The van der Waals surface area contributed by atoms with Crippen molar-refractivity contribution >= 4 is 23.0 Å². The van der Waals surface area contributed by atoms with Crippen molar-refractivity contribution in [1.29, 1.82) is 0 Å². The first kappa shape index (κ1) is 10.8. The maximum atomic E-state index is 12.0. The molecule has 0 amide bonds. The van der Waals surface area contributed by atoms with Gasteiger partial charge in [0.25, 0.3) is 0 Å². The second kappa shape index (κ2) is 3.87. The molecule has 2 heterocycles. The summed E-state index contributed by atoms with van der Waals surface area (Å²) in [5.41, 5.74) is 1.62. The molecule has 0 bridgehead atoms. The summed E-state index contributed by atoms with van der Waals surface area (Å²) in [5, 5.41) is 0.680. The summed E-state index contributed by atoms with van der Waals surface area (Å²) in [6.45, 7) is 0.356. The number of ketones is 1. The maximum Gasteiger partial charge on any atom is 0.174 e. The van der Waals surface area contributed by atoms with E-state index in [-0.39, 0.29) is 5.78 Å². The Balaban J connectivity index is 2.42. The SMILES string of the molecule is COc1cc2c(C=O)c[nH]c2c2c1OCCC2=O. The van der Waals surface area contributed by atoms with Crippen molar-refractivity contribution in [2.45, 2.75) is 6.42 Å². The smallest absolute Gasteiger partial charge is 0.174 e. The van der Waals surface area contributed by atoms with Gasteiger partial charge in [-0.1, -0.05) is 0 Å². The quantitative estimate of drug-likeness (QED) is 0.821. The Hall–Kier alpha value is -2.30. The minimum absolute atomic E-state index is 0.000510. The predicted molar refractivity (Wildman–Crippen MR) is 64.7 cm³/mol. The van der Waals surface area contributed by atoms with Gasteiger partial charge in [0.1, 0.15) is 0 Å². The molecule has 0 spiro atoms. The molecule has 0 saturated carbocycles. The molecule has 0 aliphatic carbocycles. The van der Waals surface area contributed by atoms with Crippen LogP contribution in [-0.2, 0) is 0 Å². The van der Waals surface area contributed by atoms with E-state index in [1.807, 2.05) is 0 Å². The molecule has 3 rings (SSSR count). The van der Waals surface area contributed by atoms with Gasteiger partial charge in [0.2, 0.25) is 0 Å². The van der Waals surface area contributed by atoms with Gasteiger partial charge in [-0.25, -0.2) is 0 Å². The molecule has 18 heavy (non-hydrogen) atoms. The lowest BCUT2D eigenvalue weighted by Gasteiger charge is -2.19. The Morgan fingerprint density at radius 3 is 3.06 bits per heavy atom. The Labute approximate surface area is 103 Å². The van der Waals surface area contributed by atoms with Gasteiger partial charge in [0.15, 0.2) is 23.6 Å². The molecule has 1 aromatic heterocycles. The number of ether oxygens (including phenoxy) is 2. The van der Waals surface area contributed by atoms with Crippen LogP contribution in [-0.4, -0.2) is 30.8 Å². The van der Waals surface area contributed by atoms with Crippen LogP contribution < -0.4 is 9.47 Å². The third kappa shape index (κ3) is 1.33. The highest BCUT2D eigenvalue weighted by molar-refractivity contribution is 6.13. The van der Waals surface area contributed by atoms with Crippen molar-refractivity contribution in [1.82, 2.24) is 4.98 Å². The third-order valence-electron chi connectivity index (χ3n) is 3.13. The first-order valence-electron chi connectivity index (χ1n) is 5.59. The van der Waals surface area contributed by atoms with Gasteiger partial charge in [-0.2, -0.15) is 0 Å². The Morgan fingerprint density at radius 1 is 1.50 bits per heavy atom. The van der Waals surface area contributed by atoms with E-state index >= 15 is 0 Å². The fourth-order valence-electron chi connectivity index (χ4n) is 2.27. The number of benzene rings is 1. The molecule has 1 aromatic carbocycles. The third-order valence-corrected chi connectivity index (χ3v) is 3.13. The number of methoxy groups -OCH3 is 1. The lowest BCUT2D eigenvalue weighted by Crippen LogP contribution is -2.16. The van der Waals surface area contributed by atoms with Crippen molar-refractivity contribution < 1.29 is 19.1 Å². The number of aromatic nitrogens is 1. The van der Waals surface area contributed by atoms with Crippen molar-refractivity contribution in [2.75, 3.05) is 13.7 Å². The number of nitrogens with one attached hydrogen (secondary N) is 1. The summed E-state index contributed by atoms with van der Waals surface area (Å²) in [6, 6.07) is 1.72. The van der Waals surface area contributed by atoms with Crippen LogP contribution in [0.2, 0.25) is 0 Å². The molecule has 92 valence electrons. The van der Waals surface area contributed by atoms with Gasteiger partial charge in [0.05, 0.1) is 24.8 Å². The first-order chi connectivity index (χ1) is 8.76. The Morgan fingerprint density at radius 2 is 2.33 bits per heavy atom. The molecular formula is C13H11NO4. The molecule has 2 aromatic rings. The van der Waals surface area contributed by atoms with Crippen LogP contribution in [0, 0.1) is 0 Å². The molecule has 0 atom stereocenters. The average molecular weight is 245 g/mol. The number of hydrogen-bond acceptors (Lipinski definition) is 4. The van der Waals surface area contributed by atoms with Gasteiger partial charge in [-0.05, 0) is 6.07 Å². The zero-order chi connectivity index (χ0) is 12.7. The highest BCUT2D eigenvalue weighted by atomic mass is 16.5. The zero-order valence-electron chi connectivity index (χ0n) is 9.78. The zero-order valence-corrected chi connectivity index (χ0v) is 9.78. The number of Topliss-reactive ketones (excluding diaryl/α,β-unsaturated/α-hetero) is 1. The summed E-state index contributed by atoms with van der Waals surface area (Å²) in [7, 11) is 1.51. The predicted octanol–water partition coefficient (Wildman–Crippen LogP) is 1.95. The molecule has 1 N–H and O–H groups in total. The van der Waals surface area contributed by atoms with E-state index in [4.69, 9.17) is 9.47 Å².